The molecule has 122 valence electrons. The highest BCUT2D eigenvalue weighted by atomic mass is 35.5. The Morgan fingerprint density at radius 2 is 2.00 bits per heavy atom. The molecule has 9 heteroatoms. The smallest absolute Gasteiger partial charge is 0.351 e. The molecule has 2 rings (SSSR count). The van der Waals surface area contributed by atoms with Crippen molar-refractivity contribution in [2.24, 2.45) is 0 Å². The van der Waals surface area contributed by atoms with E-state index in [1.165, 1.54) is 24.2 Å². The number of nitrogens with zero attached hydrogens (tertiary/aromatic N) is 2. The van der Waals surface area contributed by atoms with Gasteiger partial charge in [-0.3, -0.25) is 9.78 Å². The number of rotatable bonds is 5. The quantitative estimate of drug-likeness (QED) is 0.652. The first kappa shape index (κ1) is 17.6. The van der Waals surface area contributed by atoms with E-state index in [1.807, 2.05) is 0 Å². The highest BCUT2D eigenvalue weighted by Crippen LogP contribution is 2.33. The van der Waals surface area contributed by atoms with Crippen molar-refractivity contribution in [1.82, 2.24) is 15.3 Å². The molecule has 2 aromatic rings. The van der Waals surface area contributed by atoms with Crippen LogP contribution in [0.25, 0.3) is 0 Å². The molecule has 0 aliphatic heterocycles. The van der Waals surface area contributed by atoms with Crippen LogP contribution in [0.2, 0.25) is 5.02 Å². The summed E-state index contributed by atoms with van der Waals surface area (Å²) in [6, 6.07) is 4.00. The zero-order valence-electron chi connectivity index (χ0n) is 11.6. The van der Waals surface area contributed by atoms with Crippen LogP contribution in [0.15, 0.2) is 41.8 Å². The van der Waals surface area contributed by atoms with Gasteiger partial charge in [0, 0.05) is 36.5 Å². The summed E-state index contributed by atoms with van der Waals surface area (Å²) in [5, 5.41) is 2.91. The number of thioether (sulfide) groups is 1. The van der Waals surface area contributed by atoms with Gasteiger partial charge in [-0.15, -0.1) is 11.8 Å². The van der Waals surface area contributed by atoms with E-state index in [-0.39, 0.29) is 16.0 Å². The van der Waals surface area contributed by atoms with Crippen molar-refractivity contribution in [2.75, 3.05) is 12.3 Å². The lowest BCUT2D eigenvalue weighted by molar-refractivity contribution is -0.137. The fraction of sp³-hybridized carbons (Fsp3) is 0.214. The van der Waals surface area contributed by atoms with Crippen molar-refractivity contribution in [3.63, 3.8) is 0 Å². The third-order valence-corrected chi connectivity index (χ3v) is 4.11. The summed E-state index contributed by atoms with van der Waals surface area (Å²) in [4.78, 5) is 19.3. The number of hydrogen-bond donors (Lipinski definition) is 1. The molecule has 0 fully saturated rings. The molecule has 23 heavy (non-hydrogen) atoms. The highest BCUT2D eigenvalue weighted by molar-refractivity contribution is 7.99. The molecule has 0 radical (unpaired) electrons. The lowest BCUT2D eigenvalue weighted by Crippen LogP contribution is -2.25. The molecule has 0 spiro atoms. The Kier molecular flexibility index (Phi) is 5.84. The molecule has 0 saturated carbocycles. The van der Waals surface area contributed by atoms with Crippen molar-refractivity contribution in [2.45, 2.75) is 11.2 Å². The van der Waals surface area contributed by atoms with Gasteiger partial charge in [-0.25, -0.2) is 4.98 Å². The molecule has 0 aromatic carbocycles. The molecular weight excluding hydrogens is 351 g/mol. The minimum absolute atomic E-state index is 0.0646. The van der Waals surface area contributed by atoms with Gasteiger partial charge in [-0.05, 0) is 18.2 Å². The maximum atomic E-state index is 12.5. The Balaban J connectivity index is 1.84. The van der Waals surface area contributed by atoms with E-state index < -0.39 is 11.7 Å². The summed E-state index contributed by atoms with van der Waals surface area (Å²) < 4.78 is 37.5. The van der Waals surface area contributed by atoms with Gasteiger partial charge in [0.25, 0.3) is 5.91 Å². The Morgan fingerprint density at radius 3 is 2.61 bits per heavy atom. The number of halogens is 4. The van der Waals surface area contributed by atoms with Gasteiger partial charge in [0.1, 0.15) is 5.03 Å². The van der Waals surface area contributed by atoms with Crippen LogP contribution >= 0.6 is 23.4 Å². The van der Waals surface area contributed by atoms with Crippen LogP contribution < -0.4 is 5.32 Å². The van der Waals surface area contributed by atoms with E-state index in [2.05, 4.69) is 15.3 Å². The molecule has 2 aromatic heterocycles. The average Bonchev–Trinajstić information content (AvgIpc) is 2.52. The third kappa shape index (κ3) is 5.11. The topological polar surface area (TPSA) is 54.9 Å². The molecule has 0 bridgehead atoms. The van der Waals surface area contributed by atoms with Crippen LogP contribution in [0.4, 0.5) is 13.2 Å². The number of alkyl halides is 3. The van der Waals surface area contributed by atoms with E-state index in [1.54, 1.807) is 12.1 Å². The summed E-state index contributed by atoms with van der Waals surface area (Å²) in [6.07, 6.45) is -0.715. The van der Waals surface area contributed by atoms with Crippen molar-refractivity contribution in [3.8, 4) is 0 Å². The lowest BCUT2D eigenvalue weighted by atomic mass is 10.2. The fourth-order valence-corrected chi connectivity index (χ4v) is 2.66. The number of carbonyl (C=O) groups is 1. The zero-order valence-corrected chi connectivity index (χ0v) is 13.2. The van der Waals surface area contributed by atoms with Crippen LogP contribution in [-0.4, -0.2) is 28.2 Å². The van der Waals surface area contributed by atoms with Crippen molar-refractivity contribution >= 4 is 29.3 Å². The number of carbonyl (C=O) groups excluding carboxylic acids is 1. The Hall–Kier alpha value is -1.80. The highest BCUT2D eigenvalue weighted by Gasteiger charge is 2.31. The Morgan fingerprint density at radius 1 is 1.30 bits per heavy atom. The summed E-state index contributed by atoms with van der Waals surface area (Å²) in [6.45, 7) is 0.324. The van der Waals surface area contributed by atoms with E-state index in [0.717, 1.165) is 12.3 Å². The fourth-order valence-electron chi connectivity index (χ4n) is 1.60. The van der Waals surface area contributed by atoms with Crippen LogP contribution in [0.5, 0.6) is 0 Å². The Labute approximate surface area is 139 Å². The van der Waals surface area contributed by atoms with Gasteiger partial charge >= 0.3 is 6.18 Å². The summed E-state index contributed by atoms with van der Waals surface area (Å²) in [5.74, 6) is 0.175. The van der Waals surface area contributed by atoms with E-state index in [0.29, 0.717) is 17.9 Å². The molecule has 0 aliphatic rings. The minimum atomic E-state index is -4.47. The summed E-state index contributed by atoms with van der Waals surface area (Å²) >= 11 is 6.96. The molecule has 0 aliphatic carbocycles. The number of hydrogen-bond acceptors (Lipinski definition) is 4. The van der Waals surface area contributed by atoms with Crippen molar-refractivity contribution in [1.29, 1.82) is 0 Å². The predicted molar refractivity (Wildman–Crippen MR) is 81.5 cm³/mol. The van der Waals surface area contributed by atoms with Gasteiger partial charge in [0.15, 0.2) is 0 Å². The molecule has 4 nitrogen and oxygen atoms in total. The molecule has 2 heterocycles. The molecule has 0 atom stereocenters. The summed E-state index contributed by atoms with van der Waals surface area (Å²) in [7, 11) is 0. The third-order valence-electron chi connectivity index (χ3n) is 2.70. The molecule has 0 unspecified atom stereocenters. The maximum absolute atomic E-state index is 12.5. The van der Waals surface area contributed by atoms with Gasteiger partial charge in [-0.1, -0.05) is 11.6 Å². The standard InChI is InChI=1S/C14H11ClF3N3OS/c15-11-7-10(14(16,17)18)8-21-13(11)23-6-5-20-12(22)9-1-3-19-4-2-9/h1-4,7-8H,5-6H2,(H,20,22). The zero-order chi connectivity index (χ0) is 16.9. The molecule has 1 amide bonds. The summed E-state index contributed by atoms with van der Waals surface area (Å²) in [5.41, 5.74) is -0.409. The molecular formula is C14H11ClF3N3OS. The maximum Gasteiger partial charge on any atom is 0.417 e. The van der Waals surface area contributed by atoms with Crippen LogP contribution in [0.3, 0.4) is 0 Å². The number of pyridine rings is 2. The van der Waals surface area contributed by atoms with Crippen molar-refractivity contribution in [3.05, 3.63) is 52.9 Å². The first-order chi connectivity index (χ1) is 10.9. The second-order valence-corrected chi connectivity index (χ2v) is 5.84. The normalized spacial score (nSPS) is 11.3. The number of aromatic nitrogens is 2. The van der Waals surface area contributed by atoms with Crippen molar-refractivity contribution < 1.29 is 18.0 Å². The SMILES string of the molecule is O=C(NCCSc1ncc(C(F)(F)F)cc1Cl)c1ccncc1. The van der Waals surface area contributed by atoms with E-state index >= 15 is 0 Å². The minimum Gasteiger partial charge on any atom is -0.351 e. The number of amides is 1. The van der Waals surface area contributed by atoms with Crippen LogP contribution in [-0.2, 0) is 6.18 Å². The van der Waals surface area contributed by atoms with Crippen LogP contribution in [0, 0.1) is 0 Å². The van der Waals surface area contributed by atoms with Gasteiger partial charge < -0.3 is 5.32 Å². The Bertz CT molecular complexity index is 683. The molecule has 1 N–H and O–H groups in total. The van der Waals surface area contributed by atoms with Crippen LogP contribution in [0.1, 0.15) is 15.9 Å². The first-order valence-electron chi connectivity index (χ1n) is 6.41. The average molecular weight is 362 g/mol. The monoisotopic (exact) mass is 361 g/mol. The van der Waals surface area contributed by atoms with E-state index in [9.17, 15) is 18.0 Å². The van der Waals surface area contributed by atoms with Gasteiger partial charge in [0.05, 0.1) is 10.6 Å². The second-order valence-electron chi connectivity index (χ2n) is 4.35. The first-order valence-corrected chi connectivity index (χ1v) is 7.78. The van der Waals surface area contributed by atoms with Gasteiger partial charge in [0.2, 0.25) is 0 Å². The lowest BCUT2D eigenvalue weighted by Gasteiger charge is -2.09. The van der Waals surface area contributed by atoms with E-state index in [4.69, 9.17) is 11.6 Å². The predicted octanol–water partition coefficient (Wildman–Crippen LogP) is 3.67. The number of nitrogens with one attached hydrogen (secondary N) is 1. The molecule has 0 saturated heterocycles. The second kappa shape index (κ2) is 7.65. The largest absolute Gasteiger partial charge is 0.417 e. The van der Waals surface area contributed by atoms with Gasteiger partial charge in [-0.2, -0.15) is 13.2 Å².